The van der Waals surface area contributed by atoms with E-state index >= 15 is 0 Å². The first kappa shape index (κ1) is 64.4. The van der Waals surface area contributed by atoms with E-state index in [1.54, 1.807) is 130 Å². The normalized spacial score (nSPS) is 12.4. The Balaban J connectivity index is 1.40. The summed E-state index contributed by atoms with van der Waals surface area (Å²) in [5.74, 6) is -5.39. The molecule has 0 aliphatic carbocycles. The second-order valence-corrected chi connectivity index (χ2v) is 20.0. The third-order valence-electron chi connectivity index (χ3n) is 12.1. The minimum absolute atomic E-state index is 0.00290. The van der Waals surface area contributed by atoms with Crippen molar-refractivity contribution in [2.75, 3.05) is 13.1 Å². The number of ether oxygens (including phenoxy) is 5. The lowest BCUT2D eigenvalue weighted by Gasteiger charge is -2.23. The summed E-state index contributed by atoms with van der Waals surface area (Å²) in [5.41, 5.74) is 8.33. The van der Waals surface area contributed by atoms with Crippen LogP contribution in [-0.2, 0) is 88.5 Å². The van der Waals surface area contributed by atoms with E-state index in [9.17, 15) is 43.2 Å². The SMILES string of the molecule is CC(C)(C)OC(=O)NCCCCC(N)C(=O)NCCCCCC(=O)NC(CCC(=O)NC(CCC(=O)OCc1ccccc1)C(=O)OCc1ccccc1)C(=O)NC(CCC(=O)OCc1ccccc1)C(=O)OCc1ccccc1. The van der Waals surface area contributed by atoms with Crippen LogP contribution in [0.15, 0.2) is 121 Å². The monoisotopic (exact) mass is 1110 g/mol. The van der Waals surface area contributed by atoms with Gasteiger partial charge in [0.15, 0.2) is 0 Å². The van der Waals surface area contributed by atoms with Gasteiger partial charge in [-0.15, -0.1) is 0 Å². The Labute approximate surface area is 468 Å². The Hall–Kier alpha value is -8.13. The number of alkyl carbamates (subject to hydrolysis) is 1. The summed E-state index contributed by atoms with van der Waals surface area (Å²) < 4.78 is 27.2. The van der Waals surface area contributed by atoms with Crippen LogP contribution in [0.2, 0.25) is 0 Å². The summed E-state index contributed by atoms with van der Waals surface area (Å²) in [6.07, 6.45) is 0.735. The third-order valence-corrected chi connectivity index (χ3v) is 12.1. The molecule has 80 heavy (non-hydrogen) atoms. The highest BCUT2D eigenvalue weighted by Crippen LogP contribution is 2.13. The zero-order valence-corrected chi connectivity index (χ0v) is 46.1. The van der Waals surface area contributed by atoms with E-state index < -0.39 is 83.9 Å². The molecule has 0 aromatic heterocycles. The number of rotatable bonds is 35. The van der Waals surface area contributed by atoms with Gasteiger partial charge in [-0.05, 0) is 94.4 Å². The van der Waals surface area contributed by atoms with Crippen LogP contribution in [0.3, 0.4) is 0 Å². The average Bonchev–Trinajstić information content (AvgIpc) is 3.45. The maximum atomic E-state index is 14.3. The van der Waals surface area contributed by atoms with Crippen molar-refractivity contribution in [2.45, 2.75) is 160 Å². The summed E-state index contributed by atoms with van der Waals surface area (Å²) >= 11 is 0. The molecule has 0 spiro atoms. The minimum Gasteiger partial charge on any atom is -0.461 e. The lowest BCUT2D eigenvalue weighted by molar-refractivity contribution is -0.151. The maximum absolute atomic E-state index is 14.3. The van der Waals surface area contributed by atoms with Crippen LogP contribution in [-0.4, -0.2) is 96.5 Å². The third kappa shape index (κ3) is 28.0. The van der Waals surface area contributed by atoms with Crippen molar-refractivity contribution in [3.63, 3.8) is 0 Å². The van der Waals surface area contributed by atoms with Crippen molar-refractivity contribution in [3.05, 3.63) is 144 Å². The number of carbonyl (C=O) groups excluding carboxylic acids is 9. The Kier molecular flexibility index (Phi) is 29.1. The smallest absolute Gasteiger partial charge is 0.407 e. The van der Waals surface area contributed by atoms with E-state index in [2.05, 4.69) is 26.6 Å². The standard InChI is InChI=1S/C60H78N6O14/c1-60(2,3)80-59(75)63-38-20-18-29-47(61)55(71)62-37-19-8-17-30-51(67)64-48(56(72)66-50(58(74)79-42-46-27-15-7-16-28-46)33-36-54(70)77-40-44-23-11-5-12-24-44)31-34-52(68)65-49(57(73)78-41-45-25-13-6-14-26-45)32-35-53(69)76-39-43-21-9-4-10-22-43/h4-7,9-16,21-28,47-50H,8,17-20,29-42,61H2,1-3H3,(H,62,71)(H,63,75)(H,64,67)(H,65,68)(H,66,72). The van der Waals surface area contributed by atoms with E-state index in [0.717, 1.165) is 11.1 Å². The molecule has 4 unspecified atom stereocenters. The van der Waals surface area contributed by atoms with Crippen molar-refractivity contribution < 1.29 is 66.8 Å². The van der Waals surface area contributed by atoms with E-state index in [1.807, 2.05) is 12.1 Å². The summed E-state index contributed by atoms with van der Waals surface area (Å²) in [6.45, 7) is 5.72. The zero-order chi connectivity index (χ0) is 58.0. The van der Waals surface area contributed by atoms with Gasteiger partial charge in [0.2, 0.25) is 23.6 Å². The number of benzene rings is 4. The van der Waals surface area contributed by atoms with Gasteiger partial charge < -0.3 is 56.0 Å². The number of hydrogen-bond acceptors (Lipinski definition) is 15. The molecule has 0 bridgehead atoms. The molecule has 0 fully saturated rings. The molecule has 432 valence electrons. The topological polar surface area (TPSA) is 286 Å². The molecular formula is C60H78N6O14. The highest BCUT2D eigenvalue weighted by molar-refractivity contribution is 5.92. The molecular weight excluding hydrogens is 1030 g/mol. The molecule has 4 aromatic carbocycles. The second-order valence-electron chi connectivity index (χ2n) is 20.0. The number of esters is 4. The lowest BCUT2D eigenvalue weighted by Crippen LogP contribution is -2.52. The summed E-state index contributed by atoms with van der Waals surface area (Å²) in [4.78, 5) is 119. The van der Waals surface area contributed by atoms with Crippen molar-refractivity contribution in [2.24, 2.45) is 5.73 Å². The van der Waals surface area contributed by atoms with Crippen LogP contribution < -0.4 is 32.3 Å². The van der Waals surface area contributed by atoms with Gasteiger partial charge in [-0.25, -0.2) is 14.4 Å². The quantitative estimate of drug-likeness (QED) is 0.0164. The molecule has 0 aliphatic rings. The predicted octanol–water partition coefficient (Wildman–Crippen LogP) is 6.45. The van der Waals surface area contributed by atoms with E-state index in [0.29, 0.717) is 62.7 Å². The summed E-state index contributed by atoms with van der Waals surface area (Å²) in [7, 11) is 0. The number of hydrogen-bond donors (Lipinski definition) is 6. The van der Waals surface area contributed by atoms with Crippen LogP contribution in [0.4, 0.5) is 4.79 Å². The predicted molar refractivity (Wildman–Crippen MR) is 296 cm³/mol. The Morgan fingerprint density at radius 2 is 0.825 bits per heavy atom. The van der Waals surface area contributed by atoms with Gasteiger partial charge >= 0.3 is 30.0 Å². The number of unbranched alkanes of at least 4 members (excludes halogenated alkanes) is 3. The fourth-order valence-corrected chi connectivity index (χ4v) is 7.71. The fraction of sp³-hybridized carbons (Fsp3) is 0.450. The van der Waals surface area contributed by atoms with Crippen molar-refractivity contribution >= 4 is 53.6 Å². The second kappa shape index (κ2) is 36.1. The summed E-state index contributed by atoms with van der Waals surface area (Å²) in [5, 5.41) is 13.4. The van der Waals surface area contributed by atoms with Gasteiger partial charge in [-0.1, -0.05) is 128 Å². The molecule has 4 atom stereocenters. The molecule has 5 amide bonds. The van der Waals surface area contributed by atoms with Crippen LogP contribution in [0.5, 0.6) is 0 Å². The molecule has 0 saturated heterocycles. The number of nitrogens with one attached hydrogen (secondary N) is 5. The van der Waals surface area contributed by atoms with E-state index in [-0.39, 0.29) is 70.9 Å². The van der Waals surface area contributed by atoms with E-state index in [1.165, 1.54) is 0 Å². The molecule has 4 aromatic rings. The van der Waals surface area contributed by atoms with Crippen molar-refractivity contribution in [1.82, 2.24) is 26.6 Å². The van der Waals surface area contributed by atoms with Gasteiger partial charge in [-0.2, -0.15) is 0 Å². The highest BCUT2D eigenvalue weighted by atomic mass is 16.6. The van der Waals surface area contributed by atoms with Crippen molar-refractivity contribution in [1.29, 1.82) is 0 Å². The fourth-order valence-electron chi connectivity index (χ4n) is 7.71. The van der Waals surface area contributed by atoms with Gasteiger partial charge in [0, 0.05) is 38.8 Å². The minimum atomic E-state index is -1.41. The number of nitrogens with two attached hydrogens (primary N) is 1. The molecule has 0 aliphatic heterocycles. The molecule has 0 saturated carbocycles. The van der Waals surface area contributed by atoms with Gasteiger partial charge in [-0.3, -0.25) is 28.8 Å². The molecule has 4 rings (SSSR count). The zero-order valence-electron chi connectivity index (χ0n) is 46.1. The largest absolute Gasteiger partial charge is 0.461 e. The molecule has 0 radical (unpaired) electrons. The Morgan fingerprint density at radius 3 is 1.30 bits per heavy atom. The van der Waals surface area contributed by atoms with Crippen LogP contribution in [0, 0.1) is 0 Å². The summed E-state index contributed by atoms with van der Waals surface area (Å²) in [6, 6.07) is 30.8. The Morgan fingerprint density at radius 1 is 0.425 bits per heavy atom. The van der Waals surface area contributed by atoms with Crippen molar-refractivity contribution in [3.8, 4) is 0 Å². The molecule has 7 N–H and O–H groups in total. The van der Waals surface area contributed by atoms with Crippen LogP contribution in [0.25, 0.3) is 0 Å². The van der Waals surface area contributed by atoms with Crippen LogP contribution in [0.1, 0.15) is 126 Å². The highest BCUT2D eigenvalue weighted by Gasteiger charge is 2.30. The maximum Gasteiger partial charge on any atom is 0.407 e. The number of amides is 5. The Bertz CT molecular complexity index is 2550. The lowest BCUT2D eigenvalue weighted by atomic mass is 10.1. The van der Waals surface area contributed by atoms with Gasteiger partial charge in [0.05, 0.1) is 6.04 Å². The van der Waals surface area contributed by atoms with Crippen LogP contribution >= 0.6 is 0 Å². The van der Waals surface area contributed by atoms with Gasteiger partial charge in [0.1, 0.15) is 50.2 Å². The first-order chi connectivity index (χ1) is 38.4. The molecule has 0 heterocycles. The first-order valence-corrected chi connectivity index (χ1v) is 27.1. The number of carbonyl (C=O) groups is 9. The van der Waals surface area contributed by atoms with E-state index in [4.69, 9.17) is 29.4 Å². The molecule has 20 heteroatoms. The average molecular weight is 1110 g/mol. The molecule has 20 nitrogen and oxygen atoms in total. The van der Waals surface area contributed by atoms with Gasteiger partial charge in [0.25, 0.3) is 0 Å². The first-order valence-electron chi connectivity index (χ1n) is 27.1.